The molecule has 0 radical (unpaired) electrons. The Bertz CT molecular complexity index is 1010. The number of carbonyl (C=O) groups excluding carboxylic acids is 1. The van der Waals surface area contributed by atoms with E-state index in [0.29, 0.717) is 23.0 Å². The zero-order chi connectivity index (χ0) is 21.6. The highest BCUT2D eigenvalue weighted by molar-refractivity contribution is 6.30. The Balaban J connectivity index is 1.56. The van der Waals surface area contributed by atoms with Crippen molar-refractivity contribution in [3.63, 3.8) is 0 Å². The molecule has 1 saturated heterocycles. The van der Waals surface area contributed by atoms with Crippen molar-refractivity contribution in [3.8, 4) is 22.7 Å². The van der Waals surface area contributed by atoms with Crippen LogP contribution in [0.1, 0.15) is 10.5 Å². The largest absolute Gasteiger partial charge is 0.497 e. The van der Waals surface area contributed by atoms with Crippen LogP contribution < -0.4 is 10.1 Å². The molecule has 0 spiro atoms. The van der Waals surface area contributed by atoms with Gasteiger partial charge in [0.1, 0.15) is 11.4 Å². The average molecular weight is 441 g/mol. The first kappa shape index (κ1) is 21.4. The topological polar surface area (TPSA) is 68.6 Å². The Labute approximate surface area is 186 Å². The van der Waals surface area contributed by atoms with Gasteiger partial charge in [0.15, 0.2) is 0 Å². The lowest BCUT2D eigenvalue weighted by atomic mass is 10.1. The third-order valence-corrected chi connectivity index (χ3v) is 5.47. The van der Waals surface area contributed by atoms with E-state index in [2.05, 4.69) is 10.2 Å². The fraction of sp³-hybridized carbons (Fsp3) is 0.304. The third kappa shape index (κ3) is 5.25. The van der Waals surface area contributed by atoms with Crippen molar-refractivity contribution in [2.75, 3.05) is 46.5 Å². The van der Waals surface area contributed by atoms with Crippen molar-refractivity contribution in [3.05, 3.63) is 65.3 Å². The summed E-state index contributed by atoms with van der Waals surface area (Å²) < 4.78 is 12.3. The fourth-order valence-electron chi connectivity index (χ4n) is 3.47. The van der Waals surface area contributed by atoms with Gasteiger partial charge in [-0.1, -0.05) is 11.6 Å². The van der Waals surface area contributed by atoms with Crippen LogP contribution >= 0.6 is 11.6 Å². The van der Waals surface area contributed by atoms with E-state index in [9.17, 15) is 4.79 Å². The van der Waals surface area contributed by atoms with Gasteiger partial charge >= 0.3 is 0 Å². The summed E-state index contributed by atoms with van der Waals surface area (Å²) in [6.07, 6.45) is 0. The summed E-state index contributed by atoms with van der Waals surface area (Å²) in [6, 6.07) is 16.7. The maximum absolute atomic E-state index is 13.0. The van der Waals surface area contributed by atoms with Crippen LogP contribution in [0.25, 0.3) is 16.9 Å². The molecule has 4 rings (SSSR count). The molecule has 7 nitrogen and oxygen atoms in total. The van der Waals surface area contributed by atoms with Gasteiger partial charge < -0.3 is 14.8 Å². The molecule has 162 valence electrons. The molecule has 2 aromatic carbocycles. The average Bonchev–Trinajstić information content (AvgIpc) is 3.26. The molecule has 3 aromatic rings. The van der Waals surface area contributed by atoms with Crippen molar-refractivity contribution in [1.82, 2.24) is 20.0 Å². The molecule has 0 aliphatic carbocycles. The third-order valence-electron chi connectivity index (χ3n) is 5.22. The highest BCUT2D eigenvalue weighted by Crippen LogP contribution is 2.24. The molecule has 1 aliphatic heterocycles. The monoisotopic (exact) mass is 440 g/mol. The fourth-order valence-corrected chi connectivity index (χ4v) is 3.59. The lowest BCUT2D eigenvalue weighted by molar-refractivity contribution is 0.0383. The van der Waals surface area contributed by atoms with Crippen LogP contribution in [0.4, 0.5) is 0 Å². The van der Waals surface area contributed by atoms with Crippen molar-refractivity contribution >= 4 is 17.5 Å². The van der Waals surface area contributed by atoms with Crippen LogP contribution in [0.5, 0.6) is 5.75 Å². The Morgan fingerprint density at radius 1 is 1.13 bits per heavy atom. The number of halogens is 1. The maximum Gasteiger partial charge on any atom is 0.270 e. The van der Waals surface area contributed by atoms with Gasteiger partial charge in [-0.2, -0.15) is 5.10 Å². The SMILES string of the molecule is COc1ccc(-c2cc(C(=O)NCCN3CCOCC3)n(-c3ccc(Cl)cc3)n2)cc1. The van der Waals surface area contributed by atoms with Gasteiger partial charge in [0.2, 0.25) is 0 Å². The number of methoxy groups -OCH3 is 1. The predicted molar refractivity (Wildman–Crippen MR) is 120 cm³/mol. The highest BCUT2D eigenvalue weighted by Gasteiger charge is 2.18. The number of nitrogens with zero attached hydrogens (tertiary/aromatic N) is 3. The van der Waals surface area contributed by atoms with Crippen LogP contribution in [0.15, 0.2) is 54.6 Å². The second-order valence-corrected chi connectivity index (χ2v) is 7.68. The molecule has 1 N–H and O–H groups in total. The van der Waals surface area contributed by atoms with Gasteiger partial charge in [-0.15, -0.1) is 0 Å². The second kappa shape index (κ2) is 9.96. The zero-order valence-corrected chi connectivity index (χ0v) is 18.1. The highest BCUT2D eigenvalue weighted by atomic mass is 35.5. The van der Waals surface area contributed by atoms with E-state index >= 15 is 0 Å². The Kier molecular flexibility index (Phi) is 6.86. The van der Waals surface area contributed by atoms with E-state index in [0.717, 1.165) is 49.8 Å². The van der Waals surface area contributed by atoms with Crippen LogP contribution in [0.3, 0.4) is 0 Å². The molecule has 1 aliphatic rings. The van der Waals surface area contributed by atoms with Gasteiger partial charge in [0.25, 0.3) is 5.91 Å². The minimum Gasteiger partial charge on any atom is -0.497 e. The van der Waals surface area contributed by atoms with Gasteiger partial charge in [0, 0.05) is 36.8 Å². The molecule has 0 saturated carbocycles. The quantitative estimate of drug-likeness (QED) is 0.610. The van der Waals surface area contributed by atoms with E-state index < -0.39 is 0 Å². The standard InChI is InChI=1S/C23H25ClN4O3/c1-30-20-8-2-17(3-9-20)21-16-22(28(26-21)19-6-4-18(24)5-7-19)23(29)25-10-11-27-12-14-31-15-13-27/h2-9,16H,10-15H2,1H3,(H,25,29). The molecular formula is C23H25ClN4O3. The molecule has 2 heterocycles. The summed E-state index contributed by atoms with van der Waals surface area (Å²) in [7, 11) is 1.63. The predicted octanol–water partition coefficient (Wildman–Crippen LogP) is 3.26. The number of amides is 1. The summed E-state index contributed by atoms with van der Waals surface area (Å²) >= 11 is 6.04. The van der Waals surface area contributed by atoms with Crippen molar-refractivity contribution in [2.45, 2.75) is 0 Å². The number of hydrogen-bond acceptors (Lipinski definition) is 5. The number of benzene rings is 2. The maximum atomic E-state index is 13.0. The van der Waals surface area contributed by atoms with Crippen LogP contribution in [0, 0.1) is 0 Å². The Morgan fingerprint density at radius 2 is 1.84 bits per heavy atom. The number of morpholine rings is 1. The minimum absolute atomic E-state index is 0.171. The summed E-state index contributed by atoms with van der Waals surface area (Å²) in [5.74, 6) is 0.595. The van der Waals surface area contributed by atoms with E-state index in [1.165, 1.54) is 0 Å². The van der Waals surface area contributed by atoms with Crippen LogP contribution in [-0.4, -0.2) is 67.1 Å². The van der Waals surface area contributed by atoms with Crippen molar-refractivity contribution in [1.29, 1.82) is 0 Å². The number of carbonyl (C=O) groups is 1. The number of hydrogen-bond donors (Lipinski definition) is 1. The number of ether oxygens (including phenoxy) is 2. The Hall–Kier alpha value is -2.87. The molecule has 0 unspecified atom stereocenters. The molecule has 0 atom stereocenters. The Morgan fingerprint density at radius 3 is 2.52 bits per heavy atom. The van der Waals surface area contributed by atoms with Gasteiger partial charge in [-0.25, -0.2) is 4.68 Å². The van der Waals surface area contributed by atoms with E-state index in [4.69, 9.17) is 26.2 Å². The summed E-state index contributed by atoms with van der Waals surface area (Å²) in [5, 5.41) is 8.35. The first-order chi connectivity index (χ1) is 15.1. The summed E-state index contributed by atoms with van der Waals surface area (Å²) in [6.45, 7) is 4.60. The van der Waals surface area contributed by atoms with E-state index in [1.807, 2.05) is 36.4 Å². The number of nitrogens with one attached hydrogen (secondary N) is 1. The molecule has 31 heavy (non-hydrogen) atoms. The van der Waals surface area contributed by atoms with Crippen molar-refractivity contribution in [2.24, 2.45) is 0 Å². The van der Waals surface area contributed by atoms with Gasteiger partial charge in [0.05, 0.1) is 31.7 Å². The molecule has 8 heteroatoms. The summed E-state index contributed by atoms with van der Waals surface area (Å²) in [4.78, 5) is 15.3. The van der Waals surface area contributed by atoms with Crippen LogP contribution in [-0.2, 0) is 4.74 Å². The lowest BCUT2D eigenvalue weighted by Crippen LogP contribution is -2.41. The van der Waals surface area contributed by atoms with Crippen molar-refractivity contribution < 1.29 is 14.3 Å². The number of aromatic nitrogens is 2. The van der Waals surface area contributed by atoms with Crippen LogP contribution in [0.2, 0.25) is 5.02 Å². The normalized spacial score (nSPS) is 14.4. The minimum atomic E-state index is -0.171. The number of rotatable bonds is 7. The molecule has 0 bridgehead atoms. The molecule has 1 amide bonds. The zero-order valence-electron chi connectivity index (χ0n) is 17.4. The van der Waals surface area contributed by atoms with E-state index in [-0.39, 0.29) is 5.91 Å². The summed E-state index contributed by atoms with van der Waals surface area (Å²) in [5.41, 5.74) is 2.84. The lowest BCUT2D eigenvalue weighted by Gasteiger charge is -2.26. The second-order valence-electron chi connectivity index (χ2n) is 7.24. The first-order valence-corrected chi connectivity index (χ1v) is 10.6. The molecule has 1 fully saturated rings. The smallest absolute Gasteiger partial charge is 0.270 e. The van der Waals surface area contributed by atoms with Gasteiger partial charge in [-0.05, 0) is 54.6 Å². The van der Waals surface area contributed by atoms with E-state index in [1.54, 1.807) is 30.0 Å². The molecule has 1 aromatic heterocycles. The molecular weight excluding hydrogens is 416 g/mol. The van der Waals surface area contributed by atoms with Gasteiger partial charge in [-0.3, -0.25) is 9.69 Å². The first-order valence-electron chi connectivity index (χ1n) is 10.2.